The van der Waals surface area contributed by atoms with Crippen LogP contribution in [-0.2, 0) is 4.79 Å². The van der Waals surface area contributed by atoms with Gasteiger partial charge in [0.1, 0.15) is 0 Å². The Morgan fingerprint density at radius 2 is 1.83 bits per heavy atom. The van der Waals surface area contributed by atoms with Crippen LogP contribution in [0.1, 0.15) is 46.5 Å². The summed E-state index contributed by atoms with van der Waals surface area (Å²) in [4.78, 5) is 29.2. The summed E-state index contributed by atoms with van der Waals surface area (Å²) in [5.41, 5.74) is 5.95. The van der Waals surface area contributed by atoms with Gasteiger partial charge in [0, 0.05) is 51.0 Å². The van der Waals surface area contributed by atoms with Crippen molar-refractivity contribution in [3.8, 4) is 0 Å². The summed E-state index contributed by atoms with van der Waals surface area (Å²) in [6.07, 6.45) is 7.33. The number of aliphatic imine (C=N–C) groups is 1. The van der Waals surface area contributed by atoms with E-state index in [9.17, 15) is 4.79 Å². The second-order valence-corrected chi connectivity index (χ2v) is 7.80. The summed E-state index contributed by atoms with van der Waals surface area (Å²) < 4.78 is 0. The molecule has 1 aliphatic heterocycles. The van der Waals surface area contributed by atoms with E-state index in [0.717, 1.165) is 31.4 Å². The number of rotatable bonds is 9. The zero-order chi connectivity index (χ0) is 20.4. The van der Waals surface area contributed by atoms with Crippen LogP contribution in [0.15, 0.2) is 23.5 Å². The van der Waals surface area contributed by atoms with E-state index in [4.69, 9.17) is 5.73 Å². The summed E-state index contributed by atoms with van der Waals surface area (Å²) in [6.45, 7) is 9.86. The fraction of sp³-hybridized carbons (Fsp3) is 0.700. The van der Waals surface area contributed by atoms with Crippen molar-refractivity contribution in [1.29, 1.82) is 0 Å². The fourth-order valence-corrected chi connectivity index (χ4v) is 3.24. The molecular weight excluding hydrogens is 481 g/mol. The Morgan fingerprint density at radius 3 is 2.45 bits per heavy atom. The van der Waals surface area contributed by atoms with Gasteiger partial charge in [0.2, 0.25) is 11.9 Å². The van der Waals surface area contributed by atoms with Crippen molar-refractivity contribution in [1.82, 2.24) is 20.2 Å². The first-order valence-corrected chi connectivity index (χ1v) is 10.3. The number of hydrogen-bond acceptors (Lipinski definition) is 5. The van der Waals surface area contributed by atoms with Crippen LogP contribution in [0.4, 0.5) is 5.95 Å². The molecule has 1 fully saturated rings. The van der Waals surface area contributed by atoms with Crippen LogP contribution in [0.2, 0.25) is 0 Å². The molecule has 0 radical (unpaired) electrons. The van der Waals surface area contributed by atoms with Crippen molar-refractivity contribution in [2.75, 3.05) is 37.6 Å². The lowest BCUT2D eigenvalue weighted by atomic mass is 10.0. The van der Waals surface area contributed by atoms with Crippen molar-refractivity contribution in [3.05, 3.63) is 18.5 Å². The molecule has 1 atom stereocenters. The molecule has 0 aromatic carbocycles. The minimum atomic E-state index is 0. The van der Waals surface area contributed by atoms with Gasteiger partial charge < -0.3 is 20.9 Å². The summed E-state index contributed by atoms with van der Waals surface area (Å²) in [7, 11) is 0. The van der Waals surface area contributed by atoms with Crippen LogP contribution in [0.25, 0.3) is 0 Å². The average Bonchev–Trinajstić information content (AvgIpc) is 2.68. The third-order valence-electron chi connectivity index (χ3n) is 4.89. The van der Waals surface area contributed by atoms with E-state index < -0.39 is 0 Å². The van der Waals surface area contributed by atoms with Gasteiger partial charge in [-0.15, -0.1) is 24.0 Å². The SMILES string of the molecule is CC(C)CCCC(C)NC(N)=NCCC(=O)N1CCN(c2ncccn2)CC1.I. The van der Waals surface area contributed by atoms with Crippen LogP contribution in [0.5, 0.6) is 0 Å². The summed E-state index contributed by atoms with van der Waals surface area (Å²) >= 11 is 0. The zero-order valence-corrected chi connectivity index (χ0v) is 20.2. The number of anilines is 1. The highest BCUT2D eigenvalue weighted by atomic mass is 127. The van der Waals surface area contributed by atoms with E-state index in [1.807, 2.05) is 4.90 Å². The summed E-state index contributed by atoms with van der Waals surface area (Å²) in [5, 5.41) is 3.21. The second-order valence-electron chi connectivity index (χ2n) is 7.80. The van der Waals surface area contributed by atoms with E-state index in [1.54, 1.807) is 18.5 Å². The van der Waals surface area contributed by atoms with Crippen molar-refractivity contribution in [3.63, 3.8) is 0 Å². The molecule has 2 heterocycles. The third kappa shape index (κ3) is 9.60. The van der Waals surface area contributed by atoms with Gasteiger partial charge in [-0.2, -0.15) is 0 Å². The smallest absolute Gasteiger partial charge is 0.225 e. The van der Waals surface area contributed by atoms with Crippen molar-refractivity contribution < 1.29 is 4.79 Å². The Bertz CT molecular complexity index is 619. The maximum Gasteiger partial charge on any atom is 0.225 e. The number of halogens is 1. The Balaban J connectivity index is 0.00000420. The first kappa shape index (κ1) is 25.4. The third-order valence-corrected chi connectivity index (χ3v) is 4.89. The Hall–Kier alpha value is -1.65. The molecule has 0 spiro atoms. The van der Waals surface area contributed by atoms with Gasteiger partial charge in [-0.1, -0.05) is 26.7 Å². The standard InChI is InChI=1S/C20H35N7O.HI/c1-16(2)6-4-7-17(3)25-19(21)22-11-8-18(28)26-12-14-27(15-13-26)20-23-9-5-10-24-20;/h5,9-10,16-17H,4,6-8,11-15H2,1-3H3,(H3,21,22,25);1H. The number of aromatic nitrogens is 2. The second kappa shape index (κ2) is 13.6. The van der Waals surface area contributed by atoms with Gasteiger partial charge in [0.15, 0.2) is 5.96 Å². The molecule has 29 heavy (non-hydrogen) atoms. The number of nitrogens with zero attached hydrogens (tertiary/aromatic N) is 5. The van der Waals surface area contributed by atoms with E-state index >= 15 is 0 Å². The lowest BCUT2D eigenvalue weighted by Crippen LogP contribution is -2.49. The van der Waals surface area contributed by atoms with Gasteiger partial charge in [0.05, 0.1) is 6.54 Å². The number of nitrogens with two attached hydrogens (primary N) is 1. The molecule has 8 nitrogen and oxygen atoms in total. The molecule has 3 N–H and O–H groups in total. The molecule has 0 aliphatic carbocycles. The fourth-order valence-electron chi connectivity index (χ4n) is 3.24. The van der Waals surface area contributed by atoms with E-state index in [-0.39, 0.29) is 29.9 Å². The number of carbonyl (C=O) groups is 1. The molecule has 1 aliphatic rings. The van der Waals surface area contributed by atoms with Crippen LogP contribution >= 0.6 is 24.0 Å². The normalized spacial score (nSPS) is 15.8. The molecule has 0 bridgehead atoms. The molecule has 1 unspecified atom stereocenters. The molecule has 1 aromatic heterocycles. The number of hydrogen-bond donors (Lipinski definition) is 2. The van der Waals surface area contributed by atoms with Gasteiger partial charge in [-0.05, 0) is 25.3 Å². The number of guanidine groups is 1. The highest BCUT2D eigenvalue weighted by Crippen LogP contribution is 2.10. The minimum Gasteiger partial charge on any atom is -0.370 e. The largest absolute Gasteiger partial charge is 0.370 e. The lowest BCUT2D eigenvalue weighted by Gasteiger charge is -2.34. The molecule has 1 amide bonds. The van der Waals surface area contributed by atoms with Gasteiger partial charge in [0.25, 0.3) is 0 Å². The molecule has 1 saturated heterocycles. The van der Waals surface area contributed by atoms with Gasteiger partial charge in [-0.3, -0.25) is 9.79 Å². The van der Waals surface area contributed by atoms with E-state index in [0.29, 0.717) is 38.1 Å². The Kier molecular flexibility index (Phi) is 11.9. The van der Waals surface area contributed by atoms with E-state index in [2.05, 4.69) is 45.9 Å². The molecule has 164 valence electrons. The number of carbonyl (C=O) groups excluding carboxylic acids is 1. The first-order valence-electron chi connectivity index (χ1n) is 10.3. The topological polar surface area (TPSA) is 99.7 Å². The predicted octanol–water partition coefficient (Wildman–Crippen LogP) is 2.25. The molecule has 1 aromatic rings. The zero-order valence-electron chi connectivity index (χ0n) is 17.9. The number of amides is 1. The van der Waals surface area contributed by atoms with E-state index in [1.165, 1.54) is 12.8 Å². The van der Waals surface area contributed by atoms with Crippen LogP contribution in [0.3, 0.4) is 0 Å². The highest BCUT2D eigenvalue weighted by Gasteiger charge is 2.21. The number of nitrogens with one attached hydrogen (secondary N) is 1. The number of piperazine rings is 1. The van der Waals surface area contributed by atoms with Crippen LogP contribution < -0.4 is 16.0 Å². The molecular formula is C20H36IN7O. The van der Waals surface area contributed by atoms with Crippen molar-refractivity contribution in [2.24, 2.45) is 16.6 Å². The minimum absolute atomic E-state index is 0. The Labute approximate surface area is 191 Å². The maximum atomic E-state index is 12.4. The van der Waals surface area contributed by atoms with Crippen LogP contribution in [0, 0.1) is 5.92 Å². The first-order chi connectivity index (χ1) is 13.5. The maximum absolute atomic E-state index is 12.4. The quantitative estimate of drug-likeness (QED) is 0.296. The summed E-state index contributed by atoms with van der Waals surface area (Å²) in [5.74, 6) is 2.00. The predicted molar refractivity (Wildman–Crippen MR) is 129 cm³/mol. The average molecular weight is 517 g/mol. The molecule has 9 heteroatoms. The Morgan fingerprint density at radius 1 is 1.17 bits per heavy atom. The van der Waals surface area contributed by atoms with Gasteiger partial charge in [-0.25, -0.2) is 9.97 Å². The molecule has 0 saturated carbocycles. The van der Waals surface area contributed by atoms with Crippen LogP contribution in [-0.4, -0.2) is 65.5 Å². The van der Waals surface area contributed by atoms with Crippen molar-refractivity contribution in [2.45, 2.75) is 52.5 Å². The highest BCUT2D eigenvalue weighted by molar-refractivity contribution is 14.0. The lowest BCUT2D eigenvalue weighted by molar-refractivity contribution is -0.131. The van der Waals surface area contributed by atoms with Gasteiger partial charge >= 0.3 is 0 Å². The summed E-state index contributed by atoms with van der Waals surface area (Å²) in [6, 6.07) is 2.10. The molecule has 2 rings (SSSR count). The monoisotopic (exact) mass is 517 g/mol. The van der Waals surface area contributed by atoms with Crippen molar-refractivity contribution >= 4 is 41.8 Å².